The van der Waals surface area contributed by atoms with Crippen LogP contribution in [0.3, 0.4) is 0 Å². The van der Waals surface area contributed by atoms with Crippen molar-refractivity contribution < 1.29 is 18.0 Å². The second-order valence-electron chi connectivity index (χ2n) is 5.41. The maximum atomic E-state index is 12.2. The average Bonchev–Trinajstić information content (AvgIpc) is 2.45. The molecule has 1 aromatic rings. The Balaban J connectivity index is 2.23. The minimum atomic E-state index is -3.63. The molecule has 1 amide bonds. The van der Waals surface area contributed by atoms with Gasteiger partial charge in [0.2, 0.25) is 15.9 Å². The largest absolute Gasteiger partial charge is 0.312 e. The predicted molar refractivity (Wildman–Crippen MR) is 83.3 cm³/mol. The number of carbonyl (C=O) groups excluding carboxylic acids is 2. The van der Waals surface area contributed by atoms with Crippen LogP contribution in [0.5, 0.6) is 0 Å². The molecule has 0 aromatic heterocycles. The first-order chi connectivity index (χ1) is 10.3. The number of nitrogens with one attached hydrogen (secondary N) is 1. The third kappa shape index (κ3) is 3.72. The Labute approximate surface area is 130 Å². The average molecular weight is 324 g/mol. The van der Waals surface area contributed by atoms with E-state index in [1.807, 2.05) is 0 Å². The van der Waals surface area contributed by atoms with E-state index in [1.54, 1.807) is 17.0 Å². The number of fused-ring (bicyclic) bond motifs is 1. The van der Waals surface area contributed by atoms with Gasteiger partial charge in [-0.25, -0.2) is 13.1 Å². The molecule has 0 aliphatic carbocycles. The van der Waals surface area contributed by atoms with E-state index in [0.717, 1.165) is 24.1 Å². The molecule has 1 aliphatic heterocycles. The van der Waals surface area contributed by atoms with Crippen molar-refractivity contribution in [1.29, 1.82) is 0 Å². The fourth-order valence-corrected chi connectivity index (χ4v) is 3.59. The molecule has 0 saturated heterocycles. The van der Waals surface area contributed by atoms with Gasteiger partial charge in [-0.3, -0.25) is 9.59 Å². The van der Waals surface area contributed by atoms with Crippen LogP contribution < -0.4 is 9.62 Å². The lowest BCUT2D eigenvalue weighted by Crippen LogP contribution is -2.33. The van der Waals surface area contributed by atoms with Gasteiger partial charge < -0.3 is 4.90 Å². The molecular weight excluding hydrogens is 304 g/mol. The van der Waals surface area contributed by atoms with Crippen LogP contribution in [0.25, 0.3) is 0 Å². The van der Waals surface area contributed by atoms with E-state index in [1.165, 1.54) is 19.9 Å². The van der Waals surface area contributed by atoms with Crippen LogP contribution in [0.15, 0.2) is 23.1 Å². The summed E-state index contributed by atoms with van der Waals surface area (Å²) in [6.45, 7) is 3.67. The Morgan fingerprint density at radius 1 is 1.27 bits per heavy atom. The molecular formula is C15H20N2O4S. The molecule has 2 rings (SSSR count). The molecule has 1 aliphatic rings. The van der Waals surface area contributed by atoms with E-state index >= 15 is 0 Å². The number of benzene rings is 1. The van der Waals surface area contributed by atoms with E-state index < -0.39 is 10.0 Å². The number of nitrogens with zero attached hydrogens (tertiary/aromatic N) is 1. The van der Waals surface area contributed by atoms with Crippen molar-refractivity contribution in [3.05, 3.63) is 23.8 Å². The number of hydrogen-bond acceptors (Lipinski definition) is 4. The van der Waals surface area contributed by atoms with Crippen molar-refractivity contribution in [2.45, 2.75) is 38.0 Å². The van der Waals surface area contributed by atoms with E-state index in [0.29, 0.717) is 6.54 Å². The zero-order valence-corrected chi connectivity index (χ0v) is 13.6. The highest BCUT2D eigenvalue weighted by atomic mass is 32.2. The fraction of sp³-hybridized carbons (Fsp3) is 0.467. The molecule has 1 heterocycles. The Morgan fingerprint density at radius 2 is 2.00 bits per heavy atom. The zero-order valence-electron chi connectivity index (χ0n) is 12.8. The van der Waals surface area contributed by atoms with Crippen molar-refractivity contribution >= 4 is 27.4 Å². The Kier molecular flexibility index (Phi) is 4.97. The topological polar surface area (TPSA) is 83.6 Å². The van der Waals surface area contributed by atoms with Crippen LogP contribution in [0.1, 0.15) is 32.3 Å². The zero-order chi connectivity index (χ0) is 16.3. The lowest BCUT2D eigenvalue weighted by molar-refractivity contribution is -0.117. The predicted octanol–water partition coefficient (Wildman–Crippen LogP) is 1.24. The van der Waals surface area contributed by atoms with Gasteiger partial charge in [0.15, 0.2) is 0 Å². The van der Waals surface area contributed by atoms with Crippen molar-refractivity contribution in [2.24, 2.45) is 0 Å². The van der Waals surface area contributed by atoms with Gasteiger partial charge in [0.1, 0.15) is 5.78 Å². The standard InChI is InChI=1S/C15H20N2O4S/c1-11(18)7-8-16-22(20,21)14-5-6-15-13(10-14)4-3-9-17(15)12(2)19/h5-6,10,16H,3-4,7-9H2,1-2H3. The fourth-order valence-electron chi connectivity index (χ4n) is 2.51. The van der Waals surface area contributed by atoms with Crippen LogP contribution in [-0.4, -0.2) is 33.2 Å². The number of anilines is 1. The SMILES string of the molecule is CC(=O)CCNS(=O)(=O)c1ccc2c(c1)CCCN2C(C)=O. The molecule has 22 heavy (non-hydrogen) atoms. The van der Waals surface area contributed by atoms with Crippen molar-refractivity contribution in [3.8, 4) is 0 Å². The number of amides is 1. The van der Waals surface area contributed by atoms with Crippen LogP contribution in [0, 0.1) is 0 Å². The van der Waals surface area contributed by atoms with Gasteiger partial charge in [0, 0.05) is 32.1 Å². The second-order valence-corrected chi connectivity index (χ2v) is 7.18. The number of sulfonamides is 1. The van der Waals surface area contributed by atoms with E-state index in [2.05, 4.69) is 4.72 Å². The summed E-state index contributed by atoms with van der Waals surface area (Å²) < 4.78 is 26.8. The van der Waals surface area contributed by atoms with Gasteiger partial charge in [-0.15, -0.1) is 0 Å². The maximum Gasteiger partial charge on any atom is 0.240 e. The van der Waals surface area contributed by atoms with Crippen molar-refractivity contribution in [3.63, 3.8) is 0 Å². The molecule has 0 atom stereocenters. The monoisotopic (exact) mass is 324 g/mol. The van der Waals surface area contributed by atoms with Crippen molar-refractivity contribution in [2.75, 3.05) is 18.0 Å². The quantitative estimate of drug-likeness (QED) is 0.883. The highest BCUT2D eigenvalue weighted by Gasteiger charge is 2.22. The number of ketones is 1. The van der Waals surface area contributed by atoms with Crippen LogP contribution >= 0.6 is 0 Å². The third-order valence-electron chi connectivity index (χ3n) is 3.63. The van der Waals surface area contributed by atoms with Gasteiger partial charge in [-0.05, 0) is 43.5 Å². The molecule has 120 valence electrons. The molecule has 0 saturated carbocycles. The maximum absolute atomic E-state index is 12.2. The summed E-state index contributed by atoms with van der Waals surface area (Å²) in [5, 5.41) is 0. The van der Waals surface area contributed by atoms with Crippen molar-refractivity contribution in [1.82, 2.24) is 4.72 Å². The number of aryl methyl sites for hydroxylation is 1. The van der Waals surface area contributed by atoms with Gasteiger partial charge in [-0.2, -0.15) is 0 Å². The van der Waals surface area contributed by atoms with Crippen LogP contribution in [0.2, 0.25) is 0 Å². The summed E-state index contributed by atoms with van der Waals surface area (Å²) in [6.07, 6.45) is 1.73. The first-order valence-corrected chi connectivity index (χ1v) is 8.70. The molecule has 6 nitrogen and oxygen atoms in total. The van der Waals surface area contributed by atoms with Gasteiger partial charge in [0.05, 0.1) is 4.90 Å². The van der Waals surface area contributed by atoms with E-state index in [-0.39, 0.29) is 29.6 Å². The number of Topliss-reactive ketones (excluding diaryl/α,β-unsaturated/α-hetero) is 1. The normalized spacial score (nSPS) is 14.5. The molecule has 0 bridgehead atoms. The van der Waals surface area contributed by atoms with Gasteiger partial charge in [-0.1, -0.05) is 0 Å². The molecule has 1 aromatic carbocycles. The minimum absolute atomic E-state index is 0.0452. The lowest BCUT2D eigenvalue weighted by Gasteiger charge is -2.28. The van der Waals surface area contributed by atoms with E-state index in [4.69, 9.17) is 0 Å². The molecule has 0 unspecified atom stereocenters. The number of carbonyl (C=O) groups is 2. The second kappa shape index (κ2) is 6.58. The van der Waals surface area contributed by atoms with Gasteiger partial charge in [0.25, 0.3) is 0 Å². The molecule has 0 radical (unpaired) electrons. The summed E-state index contributed by atoms with van der Waals surface area (Å²) in [6, 6.07) is 4.78. The summed E-state index contributed by atoms with van der Waals surface area (Å²) in [5.41, 5.74) is 1.64. The Bertz CT molecular complexity index is 697. The third-order valence-corrected chi connectivity index (χ3v) is 5.09. The number of hydrogen-bond donors (Lipinski definition) is 1. The Morgan fingerprint density at radius 3 is 2.64 bits per heavy atom. The Hall–Kier alpha value is -1.73. The molecule has 0 fully saturated rings. The first-order valence-electron chi connectivity index (χ1n) is 7.21. The molecule has 0 spiro atoms. The highest BCUT2D eigenvalue weighted by Crippen LogP contribution is 2.29. The number of rotatable bonds is 5. The first kappa shape index (κ1) is 16.6. The lowest BCUT2D eigenvalue weighted by atomic mass is 10.0. The molecule has 7 heteroatoms. The smallest absolute Gasteiger partial charge is 0.240 e. The van der Waals surface area contributed by atoms with Crippen LogP contribution in [-0.2, 0) is 26.0 Å². The summed E-state index contributed by atoms with van der Waals surface area (Å²) in [4.78, 5) is 24.3. The van der Waals surface area contributed by atoms with Crippen LogP contribution in [0.4, 0.5) is 5.69 Å². The van der Waals surface area contributed by atoms with E-state index in [9.17, 15) is 18.0 Å². The molecule has 1 N–H and O–H groups in total. The summed E-state index contributed by atoms with van der Waals surface area (Å²) >= 11 is 0. The summed E-state index contributed by atoms with van der Waals surface area (Å²) in [7, 11) is -3.63. The van der Waals surface area contributed by atoms with Gasteiger partial charge >= 0.3 is 0 Å². The summed E-state index contributed by atoms with van der Waals surface area (Å²) in [5.74, 6) is -0.110. The minimum Gasteiger partial charge on any atom is -0.312 e. The highest BCUT2D eigenvalue weighted by molar-refractivity contribution is 7.89.